The lowest BCUT2D eigenvalue weighted by Gasteiger charge is -2.22. The molecule has 1 unspecified atom stereocenters. The fourth-order valence-corrected chi connectivity index (χ4v) is 5.74. The first-order chi connectivity index (χ1) is 19.0. The van der Waals surface area contributed by atoms with E-state index in [0.29, 0.717) is 25.8 Å². The molecule has 1 aromatic heterocycles. The summed E-state index contributed by atoms with van der Waals surface area (Å²) in [5, 5.41) is 7.38. The zero-order valence-corrected chi connectivity index (χ0v) is 23.3. The van der Waals surface area contributed by atoms with Gasteiger partial charge in [-0.25, -0.2) is 0 Å². The highest BCUT2D eigenvalue weighted by molar-refractivity contribution is 5.91. The second-order valence-corrected chi connectivity index (χ2v) is 11.0. The summed E-state index contributed by atoms with van der Waals surface area (Å²) in [5.74, 6) is 0.0895. The Hall–Kier alpha value is -3.41. The van der Waals surface area contributed by atoms with E-state index in [1.54, 1.807) is 6.92 Å². The lowest BCUT2D eigenvalue weighted by molar-refractivity contribution is -0.131. The Balaban J connectivity index is 1.40. The van der Waals surface area contributed by atoms with Gasteiger partial charge in [-0.15, -0.1) is 0 Å². The third kappa shape index (κ3) is 8.29. The highest BCUT2D eigenvalue weighted by Crippen LogP contribution is 2.30. The number of H-pyrrole nitrogens is 1. The molecule has 2 aromatic carbocycles. The predicted octanol–water partition coefficient (Wildman–Crippen LogP) is 6.49. The SMILES string of the molecule is CC(=O)CCCCCC(NC(=O)C1CCCCCC1)C(=O)NCCc1c(-c2ccccc2)[nH]c2ccccc12. The number of fused-ring (bicyclic) bond motifs is 1. The Morgan fingerprint density at radius 2 is 1.62 bits per heavy atom. The van der Waals surface area contributed by atoms with Crippen molar-refractivity contribution in [1.82, 2.24) is 15.6 Å². The number of hydrogen-bond acceptors (Lipinski definition) is 3. The first-order valence-electron chi connectivity index (χ1n) is 14.8. The number of hydrogen-bond donors (Lipinski definition) is 3. The van der Waals surface area contributed by atoms with E-state index in [1.165, 1.54) is 18.4 Å². The molecule has 3 aromatic rings. The summed E-state index contributed by atoms with van der Waals surface area (Å²) in [6.07, 6.45) is 10.7. The van der Waals surface area contributed by atoms with Gasteiger partial charge in [0.2, 0.25) is 11.8 Å². The minimum atomic E-state index is -0.547. The third-order valence-electron chi connectivity index (χ3n) is 7.93. The number of Topliss-reactive ketones (excluding diaryl/α,β-unsaturated/α-hetero) is 1. The lowest BCUT2D eigenvalue weighted by Crippen LogP contribution is -2.48. The van der Waals surface area contributed by atoms with Crippen molar-refractivity contribution in [3.8, 4) is 11.3 Å². The van der Waals surface area contributed by atoms with Gasteiger partial charge in [-0.05, 0) is 56.2 Å². The number of para-hydroxylation sites is 1. The minimum Gasteiger partial charge on any atom is -0.354 e. The largest absolute Gasteiger partial charge is 0.354 e. The van der Waals surface area contributed by atoms with Crippen LogP contribution in [0.3, 0.4) is 0 Å². The molecule has 0 aliphatic heterocycles. The molecule has 1 heterocycles. The number of aromatic amines is 1. The summed E-state index contributed by atoms with van der Waals surface area (Å²) in [6.45, 7) is 2.10. The molecule has 0 spiro atoms. The minimum absolute atomic E-state index is 0.000152. The molecule has 0 bridgehead atoms. The molecule has 208 valence electrons. The molecule has 3 N–H and O–H groups in total. The van der Waals surface area contributed by atoms with E-state index >= 15 is 0 Å². The van der Waals surface area contributed by atoms with Gasteiger partial charge in [0.25, 0.3) is 0 Å². The summed E-state index contributed by atoms with van der Waals surface area (Å²) in [7, 11) is 0. The fraction of sp³-hybridized carbons (Fsp3) is 0.485. The van der Waals surface area contributed by atoms with Crippen LogP contribution in [-0.2, 0) is 20.8 Å². The van der Waals surface area contributed by atoms with Crippen LogP contribution >= 0.6 is 0 Å². The van der Waals surface area contributed by atoms with Gasteiger partial charge >= 0.3 is 0 Å². The Kier molecular flexibility index (Phi) is 10.8. The number of ketones is 1. The average molecular weight is 530 g/mol. The van der Waals surface area contributed by atoms with Gasteiger partial charge < -0.3 is 20.4 Å². The lowest BCUT2D eigenvalue weighted by atomic mass is 9.98. The second kappa shape index (κ2) is 14.7. The van der Waals surface area contributed by atoms with Gasteiger partial charge in [0, 0.05) is 35.5 Å². The van der Waals surface area contributed by atoms with Crippen molar-refractivity contribution in [2.24, 2.45) is 5.92 Å². The Labute approximate surface area is 232 Å². The maximum Gasteiger partial charge on any atom is 0.242 e. The van der Waals surface area contributed by atoms with Crippen LogP contribution in [0.15, 0.2) is 54.6 Å². The molecule has 1 saturated carbocycles. The molecule has 1 aliphatic rings. The molecule has 1 fully saturated rings. The normalized spacial score (nSPS) is 15.0. The molecule has 2 amide bonds. The van der Waals surface area contributed by atoms with E-state index < -0.39 is 6.04 Å². The van der Waals surface area contributed by atoms with E-state index in [9.17, 15) is 14.4 Å². The number of carbonyl (C=O) groups excluding carboxylic acids is 3. The highest BCUT2D eigenvalue weighted by Gasteiger charge is 2.26. The van der Waals surface area contributed by atoms with Crippen LogP contribution in [-0.4, -0.2) is 35.2 Å². The van der Waals surface area contributed by atoms with Gasteiger partial charge in [0.1, 0.15) is 11.8 Å². The Morgan fingerprint density at radius 3 is 2.36 bits per heavy atom. The van der Waals surface area contributed by atoms with Crippen LogP contribution in [0, 0.1) is 5.92 Å². The van der Waals surface area contributed by atoms with Gasteiger partial charge in [-0.1, -0.05) is 87.1 Å². The second-order valence-electron chi connectivity index (χ2n) is 11.0. The van der Waals surface area contributed by atoms with E-state index in [1.807, 2.05) is 30.3 Å². The van der Waals surface area contributed by atoms with Crippen molar-refractivity contribution in [2.45, 2.75) is 90.0 Å². The summed E-state index contributed by atoms with van der Waals surface area (Å²) < 4.78 is 0. The van der Waals surface area contributed by atoms with Crippen molar-refractivity contribution in [1.29, 1.82) is 0 Å². The van der Waals surface area contributed by atoms with Crippen LogP contribution in [0.25, 0.3) is 22.2 Å². The first kappa shape index (κ1) is 28.6. The summed E-state index contributed by atoms with van der Waals surface area (Å²) in [5.41, 5.74) is 4.46. The number of amides is 2. The zero-order valence-electron chi connectivity index (χ0n) is 23.3. The van der Waals surface area contributed by atoms with E-state index in [-0.39, 0.29) is 23.5 Å². The van der Waals surface area contributed by atoms with Crippen LogP contribution in [0.1, 0.15) is 83.1 Å². The zero-order chi connectivity index (χ0) is 27.5. The molecule has 6 nitrogen and oxygen atoms in total. The quantitative estimate of drug-likeness (QED) is 0.175. The molecular formula is C33H43N3O3. The molecule has 6 heteroatoms. The van der Waals surface area contributed by atoms with Crippen LogP contribution in [0.2, 0.25) is 0 Å². The number of unbranched alkanes of at least 4 members (excludes halogenated alkanes) is 2. The summed E-state index contributed by atoms with van der Waals surface area (Å²) in [6, 6.07) is 18.0. The molecule has 0 saturated heterocycles. The number of aromatic nitrogens is 1. The van der Waals surface area contributed by atoms with Gasteiger partial charge in [-0.2, -0.15) is 0 Å². The highest BCUT2D eigenvalue weighted by atomic mass is 16.2. The van der Waals surface area contributed by atoms with Crippen LogP contribution < -0.4 is 10.6 Å². The smallest absolute Gasteiger partial charge is 0.242 e. The van der Waals surface area contributed by atoms with Crippen molar-refractivity contribution in [2.75, 3.05) is 6.54 Å². The molecule has 39 heavy (non-hydrogen) atoms. The number of benzene rings is 2. The predicted molar refractivity (Wildman–Crippen MR) is 157 cm³/mol. The van der Waals surface area contributed by atoms with E-state index in [0.717, 1.165) is 67.1 Å². The fourth-order valence-electron chi connectivity index (χ4n) is 5.74. The van der Waals surface area contributed by atoms with Crippen LogP contribution in [0.4, 0.5) is 0 Å². The first-order valence-corrected chi connectivity index (χ1v) is 14.8. The van der Waals surface area contributed by atoms with Crippen LogP contribution in [0.5, 0.6) is 0 Å². The van der Waals surface area contributed by atoms with E-state index in [2.05, 4.69) is 39.9 Å². The van der Waals surface area contributed by atoms with Crippen molar-refractivity contribution in [3.05, 3.63) is 60.2 Å². The monoisotopic (exact) mass is 529 g/mol. The molecule has 1 atom stereocenters. The Morgan fingerprint density at radius 1 is 0.897 bits per heavy atom. The molecule has 1 aliphatic carbocycles. The molecule has 0 radical (unpaired) electrons. The number of carbonyl (C=O) groups is 3. The van der Waals surface area contributed by atoms with Gasteiger partial charge in [0.15, 0.2) is 0 Å². The number of rotatable bonds is 13. The number of nitrogens with one attached hydrogen (secondary N) is 3. The standard InChI is InChI=1S/C33H43N3O3/c1-24(37)14-6-4-11-21-30(36-32(38)26-17-7-2-3-8-18-26)33(39)34-23-22-28-27-19-12-13-20-29(27)35-31(28)25-15-9-5-10-16-25/h5,9-10,12-13,15-16,19-20,26,30,35H,2-4,6-8,11,14,17-18,21-23H2,1H3,(H,34,39)(H,36,38). The summed E-state index contributed by atoms with van der Waals surface area (Å²) >= 11 is 0. The molecular weight excluding hydrogens is 486 g/mol. The third-order valence-corrected chi connectivity index (χ3v) is 7.93. The maximum atomic E-state index is 13.4. The van der Waals surface area contributed by atoms with Crippen molar-refractivity contribution in [3.63, 3.8) is 0 Å². The average Bonchev–Trinajstić information content (AvgIpc) is 3.09. The topological polar surface area (TPSA) is 91.1 Å². The Bertz CT molecular complexity index is 1230. The van der Waals surface area contributed by atoms with Crippen molar-refractivity contribution < 1.29 is 14.4 Å². The van der Waals surface area contributed by atoms with Crippen molar-refractivity contribution >= 4 is 28.5 Å². The van der Waals surface area contributed by atoms with Gasteiger partial charge in [-0.3, -0.25) is 9.59 Å². The van der Waals surface area contributed by atoms with Gasteiger partial charge in [0.05, 0.1) is 0 Å². The van der Waals surface area contributed by atoms with E-state index in [4.69, 9.17) is 0 Å². The maximum absolute atomic E-state index is 13.4. The molecule has 4 rings (SSSR count). The summed E-state index contributed by atoms with van der Waals surface area (Å²) in [4.78, 5) is 41.3.